The number of aromatic nitrogens is 1. The maximum atomic E-state index is 12.9. The van der Waals surface area contributed by atoms with Crippen LogP contribution in [0, 0.1) is 13.8 Å². The molecule has 2 aliphatic heterocycles. The van der Waals surface area contributed by atoms with Crippen molar-refractivity contribution in [2.75, 3.05) is 24.7 Å². The molecular formula is C16H24N2O5S. The Morgan fingerprint density at radius 1 is 1.33 bits per heavy atom. The largest absolute Gasteiger partial charge is 0.376 e. The van der Waals surface area contributed by atoms with E-state index < -0.39 is 9.84 Å². The van der Waals surface area contributed by atoms with Crippen LogP contribution in [-0.4, -0.2) is 61.2 Å². The highest BCUT2D eigenvalue weighted by Crippen LogP contribution is 2.23. The van der Waals surface area contributed by atoms with E-state index in [-0.39, 0.29) is 36.0 Å². The van der Waals surface area contributed by atoms with Gasteiger partial charge in [0.05, 0.1) is 29.7 Å². The molecule has 2 atom stereocenters. The second-order valence-electron chi connectivity index (χ2n) is 6.72. The second-order valence-corrected chi connectivity index (χ2v) is 8.95. The van der Waals surface area contributed by atoms with Crippen molar-refractivity contribution in [3.05, 3.63) is 17.0 Å². The maximum absolute atomic E-state index is 12.9. The molecule has 0 aliphatic carbocycles. The van der Waals surface area contributed by atoms with Crippen molar-refractivity contribution < 1.29 is 22.5 Å². The van der Waals surface area contributed by atoms with Gasteiger partial charge >= 0.3 is 0 Å². The van der Waals surface area contributed by atoms with Gasteiger partial charge in [-0.15, -0.1) is 0 Å². The lowest BCUT2D eigenvalue weighted by Crippen LogP contribution is -2.46. The molecular weight excluding hydrogens is 332 g/mol. The average molecular weight is 356 g/mol. The molecule has 3 rings (SSSR count). The van der Waals surface area contributed by atoms with Crippen LogP contribution >= 0.6 is 0 Å². The van der Waals surface area contributed by atoms with Crippen molar-refractivity contribution in [2.24, 2.45) is 0 Å². The van der Waals surface area contributed by atoms with Gasteiger partial charge in [0, 0.05) is 24.8 Å². The highest BCUT2D eigenvalue weighted by Gasteiger charge is 2.36. The molecule has 0 saturated carbocycles. The number of hydrogen-bond acceptors (Lipinski definition) is 6. The number of aryl methyl sites for hydroxylation is 2. The molecule has 134 valence electrons. The average Bonchev–Trinajstić information content (AvgIpc) is 3.22. The fourth-order valence-corrected chi connectivity index (χ4v) is 5.22. The summed E-state index contributed by atoms with van der Waals surface area (Å²) in [6.45, 7) is 4.76. The third kappa shape index (κ3) is 3.80. The Morgan fingerprint density at radius 2 is 2.12 bits per heavy atom. The number of hydrogen-bond donors (Lipinski definition) is 0. The summed E-state index contributed by atoms with van der Waals surface area (Å²) in [5, 5.41) is 3.89. The zero-order valence-electron chi connectivity index (χ0n) is 14.2. The van der Waals surface area contributed by atoms with E-state index in [1.54, 1.807) is 11.8 Å². The quantitative estimate of drug-likeness (QED) is 0.783. The Kier molecular flexibility index (Phi) is 4.96. The van der Waals surface area contributed by atoms with Crippen LogP contribution in [0.3, 0.4) is 0 Å². The summed E-state index contributed by atoms with van der Waals surface area (Å²) < 4.78 is 34.5. The summed E-state index contributed by atoms with van der Waals surface area (Å²) in [5.74, 6) is 0.754. The van der Waals surface area contributed by atoms with E-state index in [9.17, 15) is 13.2 Å². The topological polar surface area (TPSA) is 89.7 Å². The minimum atomic E-state index is -3.05. The molecule has 1 amide bonds. The third-order valence-corrected chi connectivity index (χ3v) is 6.65. The molecule has 2 unspecified atom stereocenters. The molecule has 0 radical (unpaired) electrons. The fourth-order valence-electron chi connectivity index (χ4n) is 3.49. The van der Waals surface area contributed by atoms with Crippen LogP contribution in [-0.2, 0) is 25.8 Å². The molecule has 0 spiro atoms. The van der Waals surface area contributed by atoms with E-state index in [1.807, 2.05) is 6.92 Å². The Balaban J connectivity index is 1.76. The summed E-state index contributed by atoms with van der Waals surface area (Å²) in [6.07, 6.45) is 2.59. The number of ether oxygens (including phenoxy) is 1. The molecule has 2 saturated heterocycles. The van der Waals surface area contributed by atoms with Gasteiger partial charge in [-0.05, 0) is 33.1 Å². The van der Waals surface area contributed by atoms with Crippen molar-refractivity contribution in [2.45, 2.75) is 51.7 Å². The van der Waals surface area contributed by atoms with Crippen LogP contribution in [0.25, 0.3) is 0 Å². The summed E-state index contributed by atoms with van der Waals surface area (Å²) >= 11 is 0. The van der Waals surface area contributed by atoms with E-state index in [4.69, 9.17) is 9.26 Å². The van der Waals surface area contributed by atoms with Crippen LogP contribution < -0.4 is 0 Å². The van der Waals surface area contributed by atoms with E-state index in [1.165, 1.54) is 0 Å². The molecule has 24 heavy (non-hydrogen) atoms. The molecule has 3 heterocycles. The smallest absolute Gasteiger partial charge is 0.227 e. The first kappa shape index (κ1) is 17.4. The minimum Gasteiger partial charge on any atom is -0.376 e. The second kappa shape index (κ2) is 6.84. The fraction of sp³-hybridized carbons (Fsp3) is 0.750. The lowest BCUT2D eigenvalue weighted by atomic mass is 10.1. The number of sulfone groups is 1. The number of nitrogens with zero attached hydrogens (tertiary/aromatic N) is 2. The van der Waals surface area contributed by atoms with Gasteiger partial charge in [-0.1, -0.05) is 5.16 Å². The van der Waals surface area contributed by atoms with Gasteiger partial charge < -0.3 is 14.2 Å². The molecule has 7 nitrogen and oxygen atoms in total. The third-order valence-electron chi connectivity index (χ3n) is 4.90. The molecule has 0 aromatic carbocycles. The van der Waals surface area contributed by atoms with E-state index in [0.29, 0.717) is 31.0 Å². The molecule has 0 N–H and O–H groups in total. The first-order chi connectivity index (χ1) is 11.4. The zero-order valence-corrected chi connectivity index (χ0v) is 15.0. The van der Waals surface area contributed by atoms with Crippen molar-refractivity contribution in [3.8, 4) is 0 Å². The van der Waals surface area contributed by atoms with Gasteiger partial charge in [0.25, 0.3) is 0 Å². The van der Waals surface area contributed by atoms with Crippen LogP contribution in [0.1, 0.15) is 36.3 Å². The standard InChI is InChI=1S/C16H24N2O5S/c1-11-15(12(2)23-17-11)8-16(19)18(9-14-4-3-6-22-14)13-5-7-24(20,21)10-13/h13-14H,3-10H2,1-2H3. The van der Waals surface area contributed by atoms with Crippen molar-refractivity contribution in [1.82, 2.24) is 10.1 Å². The SMILES string of the molecule is Cc1noc(C)c1CC(=O)N(CC1CCCO1)C1CCS(=O)(=O)C1. The lowest BCUT2D eigenvalue weighted by Gasteiger charge is -2.30. The Hall–Kier alpha value is -1.41. The molecule has 2 fully saturated rings. The van der Waals surface area contributed by atoms with E-state index in [0.717, 1.165) is 18.4 Å². The zero-order chi connectivity index (χ0) is 17.3. The Bertz CT molecular complexity index is 687. The monoisotopic (exact) mass is 356 g/mol. The molecule has 1 aromatic rings. The van der Waals surface area contributed by atoms with Crippen LogP contribution in [0.5, 0.6) is 0 Å². The minimum absolute atomic E-state index is 0.00178. The molecule has 8 heteroatoms. The Morgan fingerprint density at radius 3 is 2.67 bits per heavy atom. The predicted octanol–water partition coefficient (Wildman–Crippen LogP) is 1.03. The van der Waals surface area contributed by atoms with Crippen LogP contribution in [0.15, 0.2) is 4.52 Å². The summed E-state index contributed by atoms with van der Waals surface area (Å²) in [7, 11) is -3.05. The summed E-state index contributed by atoms with van der Waals surface area (Å²) in [4.78, 5) is 14.6. The van der Waals surface area contributed by atoms with Gasteiger partial charge in [0.1, 0.15) is 5.76 Å². The van der Waals surface area contributed by atoms with Gasteiger partial charge in [0.15, 0.2) is 9.84 Å². The lowest BCUT2D eigenvalue weighted by molar-refractivity contribution is -0.134. The van der Waals surface area contributed by atoms with Crippen LogP contribution in [0.4, 0.5) is 0 Å². The number of carbonyl (C=O) groups is 1. The van der Waals surface area contributed by atoms with E-state index in [2.05, 4.69) is 5.16 Å². The summed E-state index contributed by atoms with van der Waals surface area (Å²) in [6, 6.07) is -0.257. The molecule has 2 aliphatic rings. The van der Waals surface area contributed by atoms with Crippen molar-refractivity contribution in [1.29, 1.82) is 0 Å². The first-order valence-corrected chi connectivity index (χ1v) is 10.2. The summed E-state index contributed by atoms with van der Waals surface area (Å²) in [5.41, 5.74) is 1.50. The van der Waals surface area contributed by atoms with Crippen molar-refractivity contribution >= 4 is 15.7 Å². The van der Waals surface area contributed by atoms with Crippen molar-refractivity contribution in [3.63, 3.8) is 0 Å². The van der Waals surface area contributed by atoms with E-state index >= 15 is 0 Å². The normalized spacial score (nSPS) is 25.9. The number of rotatable bonds is 5. The predicted molar refractivity (Wildman–Crippen MR) is 87.4 cm³/mol. The van der Waals surface area contributed by atoms with Gasteiger partial charge in [-0.25, -0.2) is 8.42 Å². The Labute approximate surface area is 142 Å². The van der Waals surface area contributed by atoms with Gasteiger partial charge in [0.2, 0.25) is 5.91 Å². The molecule has 1 aromatic heterocycles. The van der Waals surface area contributed by atoms with Gasteiger partial charge in [-0.2, -0.15) is 0 Å². The van der Waals surface area contributed by atoms with Gasteiger partial charge in [-0.3, -0.25) is 4.79 Å². The maximum Gasteiger partial charge on any atom is 0.227 e. The number of amides is 1. The van der Waals surface area contributed by atoms with Crippen LogP contribution in [0.2, 0.25) is 0 Å². The highest BCUT2D eigenvalue weighted by molar-refractivity contribution is 7.91. The first-order valence-electron chi connectivity index (χ1n) is 8.39. The number of carbonyl (C=O) groups excluding carboxylic acids is 1. The molecule has 0 bridgehead atoms. The highest BCUT2D eigenvalue weighted by atomic mass is 32.2.